The summed E-state index contributed by atoms with van der Waals surface area (Å²) in [6.07, 6.45) is 0. The molecule has 0 bridgehead atoms. The number of para-hydroxylation sites is 1. The standard InChI is InChI=1S/C15H16N2/c16-14-11-17(13-9-5-2-6-10-13)15(14)12-7-3-1-4-8-12/h1-10,14-15H,11,16H2/t14-,15-/m0/s1. The maximum absolute atomic E-state index is 6.14. The van der Waals surface area contributed by atoms with Gasteiger partial charge in [-0.2, -0.15) is 0 Å². The normalized spacial score (nSPS) is 23.2. The first kappa shape index (κ1) is 10.4. The maximum Gasteiger partial charge on any atom is 0.0711 e. The predicted octanol–water partition coefficient (Wildman–Crippen LogP) is 2.58. The molecule has 2 atom stereocenters. The number of nitrogens with zero attached hydrogens (tertiary/aromatic N) is 1. The van der Waals surface area contributed by atoms with E-state index >= 15 is 0 Å². The molecule has 2 aromatic carbocycles. The van der Waals surface area contributed by atoms with Gasteiger partial charge >= 0.3 is 0 Å². The lowest BCUT2D eigenvalue weighted by Crippen LogP contribution is -2.58. The van der Waals surface area contributed by atoms with Crippen LogP contribution in [0.1, 0.15) is 11.6 Å². The molecule has 1 fully saturated rings. The Morgan fingerprint density at radius 2 is 1.47 bits per heavy atom. The van der Waals surface area contributed by atoms with Crippen LogP contribution in [0.25, 0.3) is 0 Å². The third-order valence-electron chi connectivity index (χ3n) is 3.38. The predicted molar refractivity (Wildman–Crippen MR) is 70.9 cm³/mol. The van der Waals surface area contributed by atoms with Crippen molar-refractivity contribution in [1.82, 2.24) is 0 Å². The van der Waals surface area contributed by atoms with Crippen LogP contribution in [0.3, 0.4) is 0 Å². The Morgan fingerprint density at radius 1 is 0.882 bits per heavy atom. The van der Waals surface area contributed by atoms with Crippen molar-refractivity contribution in [3.8, 4) is 0 Å². The summed E-state index contributed by atoms with van der Waals surface area (Å²) in [5, 5.41) is 0. The van der Waals surface area contributed by atoms with E-state index in [4.69, 9.17) is 5.73 Å². The second-order valence-electron chi connectivity index (χ2n) is 4.51. The van der Waals surface area contributed by atoms with Crippen molar-refractivity contribution in [2.75, 3.05) is 11.4 Å². The van der Waals surface area contributed by atoms with E-state index in [1.54, 1.807) is 0 Å². The average Bonchev–Trinajstić information content (AvgIpc) is 2.38. The molecule has 86 valence electrons. The molecule has 0 radical (unpaired) electrons. The molecule has 0 unspecified atom stereocenters. The van der Waals surface area contributed by atoms with E-state index in [2.05, 4.69) is 53.4 Å². The van der Waals surface area contributed by atoms with Crippen molar-refractivity contribution in [1.29, 1.82) is 0 Å². The third kappa shape index (κ3) is 1.81. The summed E-state index contributed by atoms with van der Waals surface area (Å²) in [5.41, 5.74) is 8.69. The van der Waals surface area contributed by atoms with E-state index in [1.165, 1.54) is 11.3 Å². The Balaban J connectivity index is 1.89. The molecule has 0 aliphatic carbocycles. The fourth-order valence-corrected chi connectivity index (χ4v) is 2.50. The number of hydrogen-bond acceptors (Lipinski definition) is 2. The zero-order chi connectivity index (χ0) is 11.7. The summed E-state index contributed by atoms with van der Waals surface area (Å²) >= 11 is 0. The monoisotopic (exact) mass is 224 g/mol. The first-order valence-corrected chi connectivity index (χ1v) is 5.98. The Morgan fingerprint density at radius 3 is 2.06 bits per heavy atom. The molecule has 1 aliphatic rings. The minimum absolute atomic E-state index is 0.234. The second-order valence-corrected chi connectivity index (χ2v) is 4.51. The van der Waals surface area contributed by atoms with Gasteiger partial charge < -0.3 is 10.6 Å². The minimum atomic E-state index is 0.234. The van der Waals surface area contributed by atoms with Crippen molar-refractivity contribution < 1.29 is 0 Å². The number of hydrogen-bond donors (Lipinski definition) is 1. The number of anilines is 1. The lowest BCUT2D eigenvalue weighted by atomic mass is 9.89. The van der Waals surface area contributed by atoms with E-state index in [-0.39, 0.29) is 6.04 Å². The highest BCUT2D eigenvalue weighted by atomic mass is 15.3. The van der Waals surface area contributed by atoms with E-state index in [0.29, 0.717) is 6.04 Å². The lowest BCUT2D eigenvalue weighted by Gasteiger charge is -2.48. The maximum atomic E-state index is 6.14. The SMILES string of the molecule is N[C@H]1CN(c2ccccc2)[C@H]1c1ccccc1. The topological polar surface area (TPSA) is 29.3 Å². The van der Waals surface area contributed by atoms with Gasteiger partial charge in [-0.1, -0.05) is 48.5 Å². The fourth-order valence-electron chi connectivity index (χ4n) is 2.50. The smallest absolute Gasteiger partial charge is 0.0711 e. The number of nitrogens with two attached hydrogens (primary N) is 1. The summed E-state index contributed by atoms with van der Waals surface area (Å²) in [4.78, 5) is 2.36. The van der Waals surface area contributed by atoms with Gasteiger partial charge in [0.2, 0.25) is 0 Å². The fraction of sp³-hybridized carbons (Fsp3) is 0.200. The third-order valence-corrected chi connectivity index (χ3v) is 3.38. The number of benzene rings is 2. The molecule has 17 heavy (non-hydrogen) atoms. The van der Waals surface area contributed by atoms with Crippen LogP contribution in [0.4, 0.5) is 5.69 Å². The van der Waals surface area contributed by atoms with Crippen molar-refractivity contribution in [2.24, 2.45) is 5.73 Å². The minimum Gasteiger partial charge on any atom is -0.361 e. The van der Waals surface area contributed by atoms with Crippen LogP contribution in [0.2, 0.25) is 0 Å². The molecule has 0 spiro atoms. The molecule has 0 amide bonds. The lowest BCUT2D eigenvalue weighted by molar-refractivity contribution is 0.390. The molecule has 2 N–H and O–H groups in total. The molecule has 1 heterocycles. The van der Waals surface area contributed by atoms with Gasteiger partial charge in [-0.15, -0.1) is 0 Å². The Hall–Kier alpha value is -1.80. The van der Waals surface area contributed by atoms with Crippen LogP contribution >= 0.6 is 0 Å². The molecule has 0 saturated carbocycles. The summed E-state index contributed by atoms with van der Waals surface area (Å²) in [7, 11) is 0. The van der Waals surface area contributed by atoms with Crippen molar-refractivity contribution in [3.05, 3.63) is 66.2 Å². The van der Waals surface area contributed by atoms with Crippen LogP contribution < -0.4 is 10.6 Å². The molecule has 2 nitrogen and oxygen atoms in total. The van der Waals surface area contributed by atoms with Crippen molar-refractivity contribution in [2.45, 2.75) is 12.1 Å². The van der Waals surface area contributed by atoms with Gasteiger partial charge in [-0.05, 0) is 17.7 Å². The van der Waals surface area contributed by atoms with Gasteiger partial charge in [0.05, 0.1) is 6.04 Å². The zero-order valence-corrected chi connectivity index (χ0v) is 9.66. The molecule has 3 rings (SSSR count). The van der Waals surface area contributed by atoms with E-state index < -0.39 is 0 Å². The van der Waals surface area contributed by atoms with Gasteiger partial charge in [-0.25, -0.2) is 0 Å². The highest BCUT2D eigenvalue weighted by Gasteiger charge is 2.37. The summed E-state index contributed by atoms with van der Waals surface area (Å²) in [6, 6.07) is 21.5. The molecule has 2 aromatic rings. The van der Waals surface area contributed by atoms with Gasteiger partial charge in [0.1, 0.15) is 0 Å². The highest BCUT2D eigenvalue weighted by Crippen LogP contribution is 2.36. The van der Waals surface area contributed by atoms with Crippen LogP contribution in [0.5, 0.6) is 0 Å². The highest BCUT2D eigenvalue weighted by molar-refractivity contribution is 5.53. The Kier molecular flexibility index (Phi) is 2.57. The van der Waals surface area contributed by atoms with Gasteiger partial charge in [0.25, 0.3) is 0 Å². The molecule has 2 heteroatoms. The van der Waals surface area contributed by atoms with E-state index in [1.807, 2.05) is 12.1 Å². The summed E-state index contributed by atoms with van der Waals surface area (Å²) < 4.78 is 0. The molecular weight excluding hydrogens is 208 g/mol. The van der Waals surface area contributed by atoms with Crippen LogP contribution in [-0.2, 0) is 0 Å². The summed E-state index contributed by atoms with van der Waals surface area (Å²) in [6.45, 7) is 0.934. The van der Waals surface area contributed by atoms with Crippen molar-refractivity contribution in [3.63, 3.8) is 0 Å². The van der Waals surface area contributed by atoms with Crippen LogP contribution in [0.15, 0.2) is 60.7 Å². The largest absolute Gasteiger partial charge is 0.361 e. The van der Waals surface area contributed by atoms with Gasteiger partial charge in [0, 0.05) is 18.3 Å². The average molecular weight is 224 g/mol. The van der Waals surface area contributed by atoms with E-state index in [0.717, 1.165) is 6.54 Å². The van der Waals surface area contributed by atoms with Gasteiger partial charge in [0.15, 0.2) is 0 Å². The number of rotatable bonds is 2. The molecular formula is C15H16N2. The van der Waals surface area contributed by atoms with Gasteiger partial charge in [-0.3, -0.25) is 0 Å². The first-order chi connectivity index (χ1) is 8.36. The molecule has 0 aromatic heterocycles. The molecule has 1 saturated heterocycles. The second kappa shape index (κ2) is 4.22. The Bertz CT molecular complexity index is 481. The Labute approximate surface area is 102 Å². The summed E-state index contributed by atoms with van der Waals surface area (Å²) in [5.74, 6) is 0. The quantitative estimate of drug-likeness (QED) is 0.849. The van der Waals surface area contributed by atoms with Crippen LogP contribution in [0, 0.1) is 0 Å². The van der Waals surface area contributed by atoms with Crippen molar-refractivity contribution >= 4 is 5.69 Å². The van der Waals surface area contributed by atoms with E-state index in [9.17, 15) is 0 Å². The first-order valence-electron chi connectivity index (χ1n) is 5.98. The van der Waals surface area contributed by atoms with Crippen LogP contribution in [-0.4, -0.2) is 12.6 Å². The molecule has 1 aliphatic heterocycles. The zero-order valence-electron chi connectivity index (χ0n) is 9.66.